The van der Waals surface area contributed by atoms with Crippen molar-refractivity contribution < 1.29 is 18.7 Å². The van der Waals surface area contributed by atoms with Gasteiger partial charge in [-0.15, -0.1) is 0 Å². The highest BCUT2D eigenvalue weighted by molar-refractivity contribution is 6.81. The monoisotopic (exact) mass is 346 g/mol. The van der Waals surface area contributed by atoms with Crippen molar-refractivity contribution >= 4 is 19.8 Å². The molecule has 1 aromatic heterocycles. The molecular weight excluding hydrogens is 320 g/mol. The highest BCUT2D eigenvalue weighted by Gasteiger charge is 2.82. The second-order valence-electron chi connectivity index (χ2n) is 8.16. The summed E-state index contributed by atoms with van der Waals surface area (Å²) in [5, 5.41) is -0.0737. The molecule has 0 radical (unpaired) electrons. The van der Waals surface area contributed by atoms with Crippen molar-refractivity contribution in [3.8, 4) is 0 Å². The first-order valence-electron chi connectivity index (χ1n) is 8.63. The van der Waals surface area contributed by atoms with Crippen LogP contribution in [0.2, 0.25) is 24.7 Å². The number of furan rings is 1. The van der Waals surface area contributed by atoms with Gasteiger partial charge in [-0.3, -0.25) is 9.59 Å². The summed E-state index contributed by atoms with van der Waals surface area (Å²) in [6, 6.07) is 3.87. The molecule has 0 aliphatic heterocycles. The molecule has 130 valence electrons. The van der Waals surface area contributed by atoms with Crippen LogP contribution >= 0.6 is 0 Å². The van der Waals surface area contributed by atoms with Crippen molar-refractivity contribution in [2.45, 2.75) is 50.9 Å². The van der Waals surface area contributed by atoms with Gasteiger partial charge in [-0.2, -0.15) is 0 Å². The van der Waals surface area contributed by atoms with E-state index >= 15 is 0 Å². The number of carbonyl (C=O) groups excluding carboxylic acids is 2. The maximum Gasteiger partial charge on any atom is 0.302 e. The number of rotatable bonds is 7. The van der Waals surface area contributed by atoms with Gasteiger partial charge >= 0.3 is 5.97 Å². The van der Waals surface area contributed by atoms with E-state index in [1.54, 1.807) is 12.3 Å². The van der Waals surface area contributed by atoms with Gasteiger partial charge in [0.15, 0.2) is 5.78 Å². The fourth-order valence-electron chi connectivity index (χ4n) is 5.01. The Hall–Kier alpha value is -1.62. The number of ketones is 1. The van der Waals surface area contributed by atoms with Crippen LogP contribution in [0.4, 0.5) is 0 Å². The van der Waals surface area contributed by atoms with Crippen molar-refractivity contribution in [3.05, 3.63) is 36.3 Å². The lowest BCUT2D eigenvalue weighted by Crippen LogP contribution is -2.34. The number of carbonyl (C=O) groups is 2. The molecule has 2 aliphatic carbocycles. The van der Waals surface area contributed by atoms with Crippen molar-refractivity contribution in [2.75, 3.05) is 6.61 Å². The minimum atomic E-state index is -1.66. The Labute approximate surface area is 144 Å². The Morgan fingerprint density at radius 2 is 2.12 bits per heavy atom. The van der Waals surface area contributed by atoms with Crippen LogP contribution in [0.25, 0.3) is 0 Å². The molecule has 1 aromatic rings. The van der Waals surface area contributed by atoms with Crippen LogP contribution in [-0.4, -0.2) is 26.4 Å². The van der Waals surface area contributed by atoms with Crippen LogP contribution < -0.4 is 0 Å². The molecule has 24 heavy (non-hydrogen) atoms. The van der Waals surface area contributed by atoms with E-state index in [4.69, 9.17) is 9.15 Å². The fraction of sp³-hybridized carbons (Fsp3) is 0.579. The lowest BCUT2D eigenvalue weighted by atomic mass is 9.91. The predicted molar refractivity (Wildman–Crippen MR) is 94.4 cm³/mol. The lowest BCUT2D eigenvalue weighted by Gasteiger charge is -2.32. The molecule has 0 amide bonds. The van der Waals surface area contributed by atoms with Crippen LogP contribution in [0, 0.1) is 11.3 Å². The summed E-state index contributed by atoms with van der Waals surface area (Å²) in [6.45, 7) is 8.72. The molecular formula is C19H26O4Si. The number of hydrogen-bond acceptors (Lipinski definition) is 4. The summed E-state index contributed by atoms with van der Waals surface area (Å²) in [6.07, 6.45) is 8.24. The van der Waals surface area contributed by atoms with Gasteiger partial charge in [0.1, 0.15) is 5.76 Å². The summed E-state index contributed by atoms with van der Waals surface area (Å²) < 4.78 is 10.9. The average Bonchev–Trinajstić information content (AvgIpc) is 2.85. The molecule has 0 N–H and O–H groups in total. The normalized spacial score (nSPS) is 31.2. The van der Waals surface area contributed by atoms with Crippen molar-refractivity contribution in [1.82, 2.24) is 0 Å². The summed E-state index contributed by atoms with van der Waals surface area (Å²) in [5.74, 6) is 0.898. The second kappa shape index (κ2) is 5.72. The molecule has 3 atom stereocenters. The molecule has 1 unspecified atom stereocenters. The SMILES string of the molecule is CC(=O)OCC1(CCCc2ccco2)[C@H]2C(=O)C=C[C@]21[Si](C)(C)C. The van der Waals surface area contributed by atoms with Crippen molar-refractivity contribution in [1.29, 1.82) is 0 Å². The summed E-state index contributed by atoms with van der Waals surface area (Å²) in [4.78, 5) is 23.9. The van der Waals surface area contributed by atoms with E-state index in [2.05, 4.69) is 25.7 Å². The molecule has 1 saturated carbocycles. The minimum absolute atomic E-state index is 0.00684. The van der Waals surface area contributed by atoms with Crippen molar-refractivity contribution in [3.63, 3.8) is 0 Å². The molecule has 0 aromatic carbocycles. The number of hydrogen-bond donors (Lipinski definition) is 0. The quantitative estimate of drug-likeness (QED) is 0.553. The number of aryl methyl sites for hydroxylation is 1. The molecule has 1 fully saturated rings. The second-order valence-corrected chi connectivity index (χ2v) is 13.5. The molecule has 1 heterocycles. The molecule has 2 aliphatic rings. The topological polar surface area (TPSA) is 56.5 Å². The standard InChI is InChI=1S/C19H26O4Si/c1-14(20)23-13-18(10-5-7-15-8-6-12-22-15)17-16(21)9-11-19(17,18)24(2,3)4/h6,8-9,11-12,17H,5,7,10,13H2,1-4H3/t17-,18?,19+/m1/s1. The zero-order chi connectivity index (χ0) is 17.6. The summed E-state index contributed by atoms with van der Waals surface area (Å²) >= 11 is 0. The smallest absolute Gasteiger partial charge is 0.302 e. The Bertz CT molecular complexity index is 670. The number of fused-ring (bicyclic) bond motifs is 1. The predicted octanol–water partition coefficient (Wildman–Crippen LogP) is 4.00. The molecule has 0 bridgehead atoms. The number of ether oxygens (including phenoxy) is 1. The van der Waals surface area contributed by atoms with Gasteiger partial charge in [0, 0.05) is 29.7 Å². The first kappa shape index (κ1) is 17.2. The Kier molecular flexibility index (Phi) is 4.10. The number of allylic oxidation sites excluding steroid dienone is 2. The summed E-state index contributed by atoms with van der Waals surface area (Å²) in [5.41, 5.74) is -0.221. The molecule has 3 rings (SSSR count). The minimum Gasteiger partial charge on any atom is -0.469 e. The van der Waals surface area contributed by atoms with E-state index < -0.39 is 8.07 Å². The van der Waals surface area contributed by atoms with Crippen molar-refractivity contribution in [2.24, 2.45) is 11.3 Å². The maximum absolute atomic E-state index is 12.5. The van der Waals surface area contributed by atoms with E-state index in [1.165, 1.54) is 6.92 Å². The first-order valence-corrected chi connectivity index (χ1v) is 12.1. The van der Waals surface area contributed by atoms with E-state index in [0.29, 0.717) is 6.61 Å². The van der Waals surface area contributed by atoms with E-state index in [-0.39, 0.29) is 28.1 Å². The largest absolute Gasteiger partial charge is 0.469 e. The third-order valence-electron chi connectivity index (χ3n) is 5.94. The first-order chi connectivity index (χ1) is 11.2. The highest BCUT2D eigenvalue weighted by atomic mass is 28.3. The van der Waals surface area contributed by atoms with Gasteiger partial charge in [0.05, 0.1) is 20.9 Å². The average molecular weight is 346 g/mol. The van der Waals surface area contributed by atoms with Gasteiger partial charge in [-0.05, 0) is 31.1 Å². The zero-order valence-corrected chi connectivity index (χ0v) is 15.9. The van der Waals surface area contributed by atoms with E-state index in [9.17, 15) is 9.59 Å². The molecule has 5 heteroatoms. The van der Waals surface area contributed by atoms with Gasteiger partial charge in [-0.1, -0.05) is 25.7 Å². The van der Waals surface area contributed by atoms with Crippen LogP contribution in [-0.2, 0) is 20.7 Å². The molecule has 0 saturated heterocycles. The highest BCUT2D eigenvalue weighted by Crippen LogP contribution is 2.84. The van der Waals surface area contributed by atoms with Gasteiger partial charge in [-0.25, -0.2) is 0 Å². The third-order valence-corrected chi connectivity index (χ3v) is 9.38. The van der Waals surface area contributed by atoms with E-state index in [1.807, 2.05) is 12.1 Å². The Morgan fingerprint density at radius 1 is 1.38 bits per heavy atom. The lowest BCUT2D eigenvalue weighted by molar-refractivity contribution is -0.143. The van der Waals surface area contributed by atoms with Crippen LogP contribution in [0.5, 0.6) is 0 Å². The van der Waals surface area contributed by atoms with Crippen LogP contribution in [0.3, 0.4) is 0 Å². The van der Waals surface area contributed by atoms with E-state index in [0.717, 1.165) is 25.0 Å². The Balaban J connectivity index is 1.82. The maximum atomic E-state index is 12.5. The van der Waals surface area contributed by atoms with Gasteiger partial charge in [0.25, 0.3) is 0 Å². The molecule has 4 nitrogen and oxygen atoms in total. The fourth-order valence-corrected chi connectivity index (χ4v) is 8.64. The summed E-state index contributed by atoms with van der Waals surface area (Å²) in [7, 11) is -1.66. The zero-order valence-electron chi connectivity index (χ0n) is 14.9. The van der Waals surface area contributed by atoms with Crippen LogP contribution in [0.1, 0.15) is 25.5 Å². The van der Waals surface area contributed by atoms with Gasteiger partial charge in [0.2, 0.25) is 0 Å². The number of esters is 1. The Morgan fingerprint density at radius 3 is 2.67 bits per heavy atom. The van der Waals surface area contributed by atoms with Gasteiger partial charge < -0.3 is 9.15 Å². The third kappa shape index (κ3) is 2.41. The molecule has 0 spiro atoms. The van der Waals surface area contributed by atoms with Crippen LogP contribution in [0.15, 0.2) is 35.0 Å².